The molecule has 0 saturated carbocycles. The van der Waals surface area contributed by atoms with Gasteiger partial charge in [-0.1, -0.05) is 13.0 Å². The van der Waals surface area contributed by atoms with E-state index in [1.165, 1.54) is 5.56 Å². The molecule has 2 aliphatic heterocycles. The van der Waals surface area contributed by atoms with E-state index in [0.29, 0.717) is 18.5 Å². The Morgan fingerprint density at radius 1 is 1.20 bits per heavy atom. The molecular weight excluding hydrogens is 380 g/mol. The van der Waals surface area contributed by atoms with Crippen molar-refractivity contribution in [1.82, 2.24) is 20.1 Å². The van der Waals surface area contributed by atoms with Crippen molar-refractivity contribution in [3.05, 3.63) is 53.2 Å². The Morgan fingerprint density at radius 3 is 2.80 bits per heavy atom. The third kappa shape index (κ3) is 3.98. The van der Waals surface area contributed by atoms with Crippen LogP contribution in [-0.2, 0) is 22.7 Å². The number of aromatic nitrogens is 1. The van der Waals surface area contributed by atoms with Crippen LogP contribution in [0.25, 0.3) is 11.3 Å². The SMILES string of the molecule is CCCN(C)Cc1ccnc(-c2ccc3c(c2)CN(C2CCC(=O)NC2=O)C3=O)c1. The van der Waals surface area contributed by atoms with Gasteiger partial charge in [0.05, 0.1) is 5.69 Å². The summed E-state index contributed by atoms with van der Waals surface area (Å²) in [4.78, 5) is 44.8. The number of benzene rings is 1. The standard InChI is InChI=1S/C23H26N4O3/c1-3-10-26(2)13-15-8-9-24-19(11-15)16-4-5-18-17(12-16)14-27(23(18)30)20-6-7-21(28)25-22(20)29/h4-5,8-9,11-12,20H,3,6-7,10,13-14H2,1-2H3,(H,25,28,29). The Labute approximate surface area is 176 Å². The highest BCUT2D eigenvalue weighted by Crippen LogP contribution is 2.31. The molecule has 1 aromatic heterocycles. The molecule has 1 aromatic carbocycles. The Bertz CT molecular complexity index is 1000. The number of pyridine rings is 1. The number of rotatable bonds is 6. The van der Waals surface area contributed by atoms with Gasteiger partial charge in [0.25, 0.3) is 5.91 Å². The average molecular weight is 406 g/mol. The lowest BCUT2D eigenvalue weighted by Gasteiger charge is -2.29. The molecule has 0 radical (unpaired) electrons. The Morgan fingerprint density at radius 2 is 2.03 bits per heavy atom. The van der Waals surface area contributed by atoms with Gasteiger partial charge in [0.2, 0.25) is 11.8 Å². The number of hydrogen-bond donors (Lipinski definition) is 1. The van der Waals surface area contributed by atoms with E-state index in [-0.39, 0.29) is 18.2 Å². The smallest absolute Gasteiger partial charge is 0.255 e. The minimum Gasteiger partial charge on any atom is -0.322 e. The second-order valence-electron chi connectivity index (χ2n) is 8.06. The Balaban J connectivity index is 1.55. The molecule has 3 heterocycles. The summed E-state index contributed by atoms with van der Waals surface area (Å²) in [6.07, 6.45) is 3.55. The van der Waals surface area contributed by atoms with Crippen molar-refractivity contribution in [1.29, 1.82) is 0 Å². The van der Waals surface area contributed by atoms with Crippen LogP contribution in [0.1, 0.15) is 47.7 Å². The Hall–Kier alpha value is -3.06. The highest BCUT2D eigenvalue weighted by molar-refractivity contribution is 6.05. The van der Waals surface area contributed by atoms with Crippen LogP contribution in [0.2, 0.25) is 0 Å². The van der Waals surface area contributed by atoms with Gasteiger partial charge in [-0.25, -0.2) is 0 Å². The molecule has 1 unspecified atom stereocenters. The van der Waals surface area contributed by atoms with Gasteiger partial charge in [0.15, 0.2) is 0 Å². The summed E-state index contributed by atoms with van der Waals surface area (Å²) in [7, 11) is 2.11. The topological polar surface area (TPSA) is 82.6 Å². The van der Waals surface area contributed by atoms with E-state index in [9.17, 15) is 14.4 Å². The van der Waals surface area contributed by atoms with Gasteiger partial charge in [0.1, 0.15) is 6.04 Å². The second kappa shape index (κ2) is 8.36. The van der Waals surface area contributed by atoms with Crippen molar-refractivity contribution in [2.75, 3.05) is 13.6 Å². The summed E-state index contributed by atoms with van der Waals surface area (Å²) in [5, 5.41) is 2.34. The van der Waals surface area contributed by atoms with E-state index in [4.69, 9.17) is 0 Å². The monoisotopic (exact) mass is 406 g/mol. The fourth-order valence-electron chi connectivity index (χ4n) is 4.24. The van der Waals surface area contributed by atoms with Crippen molar-refractivity contribution in [2.24, 2.45) is 0 Å². The van der Waals surface area contributed by atoms with E-state index in [1.54, 1.807) is 4.90 Å². The highest BCUT2D eigenvalue weighted by atomic mass is 16.2. The number of piperidine rings is 1. The number of imide groups is 1. The van der Waals surface area contributed by atoms with Gasteiger partial charge >= 0.3 is 0 Å². The molecule has 0 aliphatic carbocycles. The van der Waals surface area contributed by atoms with E-state index in [1.807, 2.05) is 30.5 Å². The van der Waals surface area contributed by atoms with Crippen LogP contribution in [0.5, 0.6) is 0 Å². The molecule has 30 heavy (non-hydrogen) atoms. The second-order valence-corrected chi connectivity index (χ2v) is 8.06. The van der Waals surface area contributed by atoms with Crippen LogP contribution in [0.3, 0.4) is 0 Å². The maximum atomic E-state index is 12.8. The summed E-state index contributed by atoms with van der Waals surface area (Å²) >= 11 is 0. The fraction of sp³-hybridized carbons (Fsp3) is 0.391. The summed E-state index contributed by atoms with van der Waals surface area (Å²) in [5.74, 6) is -0.828. The molecule has 1 atom stereocenters. The molecule has 0 spiro atoms. The minimum atomic E-state index is -0.596. The van der Waals surface area contributed by atoms with Gasteiger partial charge in [0, 0.05) is 36.8 Å². The Kier molecular flexibility index (Phi) is 5.63. The summed E-state index contributed by atoms with van der Waals surface area (Å²) < 4.78 is 0. The molecule has 7 nitrogen and oxygen atoms in total. The molecule has 1 saturated heterocycles. The van der Waals surface area contributed by atoms with Crippen LogP contribution in [0.15, 0.2) is 36.5 Å². The first kappa shape index (κ1) is 20.2. The number of nitrogens with zero attached hydrogens (tertiary/aromatic N) is 3. The van der Waals surface area contributed by atoms with E-state index < -0.39 is 11.9 Å². The van der Waals surface area contributed by atoms with Gasteiger partial charge in [-0.3, -0.25) is 24.7 Å². The van der Waals surface area contributed by atoms with Crippen LogP contribution in [0, 0.1) is 0 Å². The fourth-order valence-corrected chi connectivity index (χ4v) is 4.24. The summed E-state index contributed by atoms with van der Waals surface area (Å²) in [6.45, 7) is 4.43. The number of fused-ring (bicyclic) bond motifs is 1. The molecule has 3 amide bonds. The van der Waals surface area contributed by atoms with Gasteiger partial charge < -0.3 is 9.80 Å². The number of amides is 3. The molecular formula is C23H26N4O3. The highest BCUT2D eigenvalue weighted by Gasteiger charge is 2.39. The van der Waals surface area contributed by atoms with Gasteiger partial charge in [-0.05, 0) is 61.8 Å². The van der Waals surface area contributed by atoms with Gasteiger partial charge in [-0.15, -0.1) is 0 Å². The molecule has 1 fully saturated rings. The summed E-state index contributed by atoms with van der Waals surface area (Å²) in [6, 6.07) is 9.23. The minimum absolute atomic E-state index is 0.158. The molecule has 2 aliphatic rings. The normalized spacial score (nSPS) is 18.7. The predicted molar refractivity (Wildman–Crippen MR) is 112 cm³/mol. The van der Waals surface area contributed by atoms with Crippen molar-refractivity contribution in [2.45, 2.75) is 45.3 Å². The molecule has 0 bridgehead atoms. The molecule has 4 rings (SSSR count). The quantitative estimate of drug-likeness (QED) is 0.745. The van der Waals surface area contributed by atoms with Crippen LogP contribution in [-0.4, -0.2) is 52.1 Å². The first-order valence-electron chi connectivity index (χ1n) is 10.4. The van der Waals surface area contributed by atoms with Crippen LogP contribution < -0.4 is 5.32 Å². The third-order valence-corrected chi connectivity index (χ3v) is 5.70. The molecule has 2 aromatic rings. The summed E-state index contributed by atoms with van der Waals surface area (Å²) in [5.41, 5.74) is 4.51. The van der Waals surface area contributed by atoms with Crippen molar-refractivity contribution in [3.63, 3.8) is 0 Å². The average Bonchev–Trinajstić information content (AvgIpc) is 3.04. The molecule has 156 valence electrons. The zero-order valence-corrected chi connectivity index (χ0v) is 17.4. The third-order valence-electron chi connectivity index (χ3n) is 5.70. The van der Waals surface area contributed by atoms with E-state index >= 15 is 0 Å². The zero-order chi connectivity index (χ0) is 21.3. The van der Waals surface area contributed by atoms with Crippen molar-refractivity contribution < 1.29 is 14.4 Å². The number of hydrogen-bond acceptors (Lipinski definition) is 5. The lowest BCUT2D eigenvalue weighted by molar-refractivity contribution is -0.136. The molecule has 7 heteroatoms. The number of nitrogens with one attached hydrogen (secondary N) is 1. The first-order valence-corrected chi connectivity index (χ1v) is 10.4. The van der Waals surface area contributed by atoms with Crippen LogP contribution in [0.4, 0.5) is 0 Å². The van der Waals surface area contributed by atoms with Gasteiger partial charge in [-0.2, -0.15) is 0 Å². The van der Waals surface area contributed by atoms with Crippen molar-refractivity contribution >= 4 is 17.7 Å². The lowest BCUT2D eigenvalue weighted by atomic mass is 10.0. The zero-order valence-electron chi connectivity index (χ0n) is 17.4. The van der Waals surface area contributed by atoms with E-state index in [2.05, 4.69) is 35.2 Å². The number of carbonyl (C=O) groups excluding carboxylic acids is 3. The van der Waals surface area contributed by atoms with Crippen molar-refractivity contribution in [3.8, 4) is 11.3 Å². The maximum Gasteiger partial charge on any atom is 0.255 e. The molecule has 1 N–H and O–H groups in total. The maximum absolute atomic E-state index is 12.8. The van der Waals surface area contributed by atoms with E-state index in [0.717, 1.165) is 36.3 Å². The van der Waals surface area contributed by atoms with Crippen LogP contribution >= 0.6 is 0 Å². The predicted octanol–water partition coefficient (Wildman–Crippen LogP) is 2.35. The first-order chi connectivity index (χ1) is 14.5. The number of carbonyl (C=O) groups is 3. The largest absolute Gasteiger partial charge is 0.322 e. The lowest BCUT2D eigenvalue weighted by Crippen LogP contribution is -2.52.